The Morgan fingerprint density at radius 1 is 1.10 bits per heavy atom. The maximum atomic E-state index is 4.63. The second-order valence-electron chi connectivity index (χ2n) is 4.91. The third-order valence-corrected chi connectivity index (χ3v) is 4.14. The predicted octanol–water partition coefficient (Wildman–Crippen LogP) is 4.61. The molecule has 102 valence electrons. The van der Waals surface area contributed by atoms with Gasteiger partial charge >= 0.3 is 0 Å². The minimum absolute atomic E-state index is 0.843. The van der Waals surface area contributed by atoms with Gasteiger partial charge in [0.15, 0.2) is 0 Å². The highest BCUT2D eigenvalue weighted by molar-refractivity contribution is 7.18. The number of benzene rings is 1. The number of aromatic nitrogens is 2. The van der Waals surface area contributed by atoms with Crippen LogP contribution in [0.3, 0.4) is 0 Å². The summed E-state index contributed by atoms with van der Waals surface area (Å²) in [7, 11) is 0. The molecule has 0 bridgehead atoms. The molecule has 2 aromatic heterocycles. The first kappa shape index (κ1) is 13.1. The topological polar surface area (TPSA) is 37.8 Å². The summed E-state index contributed by atoms with van der Waals surface area (Å²) >= 11 is 1.72. The van der Waals surface area contributed by atoms with Crippen molar-refractivity contribution >= 4 is 33.1 Å². The number of hydrogen-bond donors (Lipinski definition) is 1. The van der Waals surface area contributed by atoms with E-state index in [1.54, 1.807) is 11.3 Å². The lowest BCUT2D eigenvalue weighted by Crippen LogP contribution is -1.99. The Balaban J connectivity index is 2.06. The van der Waals surface area contributed by atoms with Gasteiger partial charge in [0.1, 0.15) is 16.5 Å². The van der Waals surface area contributed by atoms with Crippen molar-refractivity contribution in [2.24, 2.45) is 0 Å². The monoisotopic (exact) mass is 283 g/mol. The average molecular weight is 283 g/mol. The fourth-order valence-electron chi connectivity index (χ4n) is 2.11. The van der Waals surface area contributed by atoms with Crippen LogP contribution in [0.1, 0.15) is 23.2 Å². The Hall–Kier alpha value is -1.94. The zero-order valence-electron chi connectivity index (χ0n) is 11.9. The zero-order chi connectivity index (χ0) is 14.1. The number of anilines is 2. The highest BCUT2D eigenvalue weighted by Gasteiger charge is 2.10. The maximum absolute atomic E-state index is 4.63. The molecule has 0 aliphatic rings. The molecule has 4 heteroatoms. The summed E-state index contributed by atoms with van der Waals surface area (Å²) in [5, 5.41) is 4.52. The minimum Gasteiger partial charge on any atom is -0.340 e. The fourth-order valence-corrected chi connectivity index (χ4v) is 3.01. The molecule has 0 saturated carbocycles. The maximum Gasteiger partial charge on any atom is 0.142 e. The molecule has 3 nitrogen and oxygen atoms in total. The molecule has 2 heterocycles. The van der Waals surface area contributed by atoms with Crippen molar-refractivity contribution in [2.75, 3.05) is 5.32 Å². The molecule has 0 saturated heterocycles. The summed E-state index contributed by atoms with van der Waals surface area (Å²) < 4.78 is 0. The Morgan fingerprint density at radius 3 is 2.55 bits per heavy atom. The lowest BCUT2D eigenvalue weighted by molar-refractivity contribution is 0.967. The molecule has 1 aromatic carbocycles. The zero-order valence-corrected chi connectivity index (χ0v) is 12.7. The van der Waals surface area contributed by atoms with E-state index in [1.807, 2.05) is 0 Å². The molecule has 0 aliphatic heterocycles. The fraction of sp³-hybridized carbons (Fsp3) is 0.250. The van der Waals surface area contributed by atoms with Crippen LogP contribution in [-0.4, -0.2) is 9.97 Å². The van der Waals surface area contributed by atoms with Crippen LogP contribution < -0.4 is 5.32 Å². The number of aryl methyl sites for hydroxylation is 3. The number of rotatable bonds is 3. The first-order valence-electron chi connectivity index (χ1n) is 6.76. The molecule has 0 spiro atoms. The summed E-state index contributed by atoms with van der Waals surface area (Å²) in [5.74, 6) is 1.79. The Bertz CT molecular complexity index is 744. The minimum atomic E-state index is 0.843. The van der Waals surface area contributed by atoms with Gasteiger partial charge in [0, 0.05) is 17.0 Å². The predicted molar refractivity (Wildman–Crippen MR) is 86.0 cm³/mol. The summed E-state index contributed by atoms with van der Waals surface area (Å²) in [5.41, 5.74) is 2.31. The first-order chi connectivity index (χ1) is 9.65. The molecule has 3 aromatic rings. The van der Waals surface area contributed by atoms with Gasteiger partial charge in [0.05, 0.1) is 5.39 Å². The van der Waals surface area contributed by atoms with Crippen LogP contribution >= 0.6 is 11.3 Å². The number of hydrogen-bond acceptors (Lipinski definition) is 4. The van der Waals surface area contributed by atoms with Crippen molar-refractivity contribution in [2.45, 2.75) is 27.2 Å². The lowest BCUT2D eigenvalue weighted by Gasteiger charge is -2.08. The van der Waals surface area contributed by atoms with Gasteiger partial charge in [-0.1, -0.05) is 24.6 Å². The summed E-state index contributed by atoms with van der Waals surface area (Å²) in [6.07, 6.45) is 0.843. The van der Waals surface area contributed by atoms with Gasteiger partial charge in [-0.25, -0.2) is 9.97 Å². The molecular formula is C16H17N3S. The molecule has 3 rings (SSSR count). The van der Waals surface area contributed by atoms with Crippen LogP contribution in [0.2, 0.25) is 0 Å². The van der Waals surface area contributed by atoms with Crippen molar-refractivity contribution in [3.63, 3.8) is 0 Å². The van der Waals surface area contributed by atoms with E-state index in [9.17, 15) is 0 Å². The van der Waals surface area contributed by atoms with E-state index < -0.39 is 0 Å². The third-order valence-electron chi connectivity index (χ3n) is 3.19. The molecule has 0 radical (unpaired) electrons. The molecule has 0 atom stereocenters. The number of nitrogens with one attached hydrogen (secondary N) is 1. The van der Waals surface area contributed by atoms with Gasteiger partial charge in [-0.2, -0.15) is 0 Å². The average Bonchev–Trinajstić information content (AvgIpc) is 2.81. The largest absolute Gasteiger partial charge is 0.340 e. The van der Waals surface area contributed by atoms with Crippen molar-refractivity contribution < 1.29 is 0 Å². The Kier molecular flexibility index (Phi) is 3.40. The van der Waals surface area contributed by atoms with Gasteiger partial charge in [-0.05, 0) is 32.0 Å². The Morgan fingerprint density at radius 2 is 1.85 bits per heavy atom. The van der Waals surface area contributed by atoms with Crippen molar-refractivity contribution in [3.05, 3.63) is 46.6 Å². The molecule has 0 aliphatic carbocycles. The van der Waals surface area contributed by atoms with E-state index in [1.165, 1.54) is 10.4 Å². The van der Waals surface area contributed by atoms with Crippen LogP contribution in [0.4, 0.5) is 11.5 Å². The number of nitrogens with zero attached hydrogens (tertiary/aromatic N) is 2. The van der Waals surface area contributed by atoms with E-state index in [0.717, 1.165) is 34.0 Å². The second kappa shape index (κ2) is 5.21. The van der Waals surface area contributed by atoms with Crippen molar-refractivity contribution in [1.29, 1.82) is 0 Å². The highest BCUT2D eigenvalue weighted by atomic mass is 32.1. The summed E-state index contributed by atoms with van der Waals surface area (Å²) in [4.78, 5) is 11.6. The van der Waals surface area contributed by atoms with E-state index >= 15 is 0 Å². The molecule has 0 unspecified atom stereocenters. The highest BCUT2D eigenvalue weighted by Crippen LogP contribution is 2.30. The van der Waals surface area contributed by atoms with E-state index in [2.05, 4.69) is 66.4 Å². The third kappa shape index (κ3) is 2.51. The summed E-state index contributed by atoms with van der Waals surface area (Å²) in [6, 6.07) is 10.5. The molecule has 20 heavy (non-hydrogen) atoms. The van der Waals surface area contributed by atoms with Crippen LogP contribution in [-0.2, 0) is 6.42 Å². The second-order valence-corrected chi connectivity index (χ2v) is 6.14. The quantitative estimate of drug-likeness (QED) is 0.762. The normalized spacial score (nSPS) is 10.9. The molecular weight excluding hydrogens is 266 g/mol. The van der Waals surface area contributed by atoms with Crippen LogP contribution in [0.25, 0.3) is 10.2 Å². The SMILES string of the molecule is CCc1nc(Nc2ccc(C)cc2)c2cc(C)sc2n1. The van der Waals surface area contributed by atoms with E-state index in [0.29, 0.717) is 0 Å². The van der Waals surface area contributed by atoms with Gasteiger partial charge in [0.2, 0.25) is 0 Å². The number of thiophene rings is 1. The van der Waals surface area contributed by atoms with Crippen molar-refractivity contribution in [3.8, 4) is 0 Å². The molecule has 0 amide bonds. The van der Waals surface area contributed by atoms with Gasteiger partial charge in [-0.3, -0.25) is 0 Å². The van der Waals surface area contributed by atoms with Gasteiger partial charge in [0.25, 0.3) is 0 Å². The van der Waals surface area contributed by atoms with Gasteiger partial charge in [-0.15, -0.1) is 11.3 Å². The smallest absolute Gasteiger partial charge is 0.142 e. The lowest BCUT2D eigenvalue weighted by atomic mass is 10.2. The standard InChI is InChI=1S/C16H17N3S/c1-4-14-18-15(13-9-11(3)20-16(13)19-14)17-12-7-5-10(2)6-8-12/h5-9H,4H2,1-3H3,(H,17,18,19). The summed E-state index contributed by atoms with van der Waals surface area (Å²) in [6.45, 7) is 6.27. The molecule has 1 N–H and O–H groups in total. The van der Waals surface area contributed by atoms with E-state index in [4.69, 9.17) is 0 Å². The van der Waals surface area contributed by atoms with Crippen LogP contribution in [0.5, 0.6) is 0 Å². The molecule has 0 fully saturated rings. The van der Waals surface area contributed by atoms with Gasteiger partial charge < -0.3 is 5.32 Å². The van der Waals surface area contributed by atoms with Crippen molar-refractivity contribution in [1.82, 2.24) is 9.97 Å². The van der Waals surface area contributed by atoms with Crippen LogP contribution in [0, 0.1) is 13.8 Å². The van der Waals surface area contributed by atoms with E-state index in [-0.39, 0.29) is 0 Å². The first-order valence-corrected chi connectivity index (χ1v) is 7.58. The Labute approximate surface area is 122 Å². The van der Waals surface area contributed by atoms with Crippen LogP contribution in [0.15, 0.2) is 30.3 Å². The number of fused-ring (bicyclic) bond motifs is 1.